The number of hydrogen-bond donors (Lipinski definition) is 3. The fourth-order valence-corrected chi connectivity index (χ4v) is 6.50. The number of benzene rings is 2. The number of primary amides is 1. The van der Waals surface area contributed by atoms with Crippen LogP contribution >= 0.6 is 0 Å². The van der Waals surface area contributed by atoms with Crippen molar-refractivity contribution in [2.24, 2.45) is 29.4 Å². The van der Waals surface area contributed by atoms with Crippen molar-refractivity contribution < 1.29 is 38.6 Å². The second-order valence-corrected chi connectivity index (χ2v) is 10.3. The summed E-state index contributed by atoms with van der Waals surface area (Å²) in [6, 6.07) is 7.34. The van der Waals surface area contributed by atoms with Crippen LogP contribution in [0.3, 0.4) is 0 Å². The van der Waals surface area contributed by atoms with Gasteiger partial charge in [-0.1, -0.05) is 18.2 Å². The molecule has 9 nitrogen and oxygen atoms in total. The van der Waals surface area contributed by atoms with Gasteiger partial charge in [-0.25, -0.2) is 4.39 Å². The van der Waals surface area contributed by atoms with Crippen LogP contribution in [0.2, 0.25) is 0 Å². The minimum Gasteiger partial charge on any atom is -0.507 e. The summed E-state index contributed by atoms with van der Waals surface area (Å²) in [7, 11) is 3.05. The molecule has 2 fully saturated rings. The molecule has 5 rings (SSSR count). The van der Waals surface area contributed by atoms with Crippen molar-refractivity contribution in [2.75, 3.05) is 14.1 Å². The molecule has 0 bridgehead atoms. The lowest BCUT2D eigenvalue weighted by atomic mass is 9.52. The standard InChI is InChI=1S/C27H25FN2O7/c1-30(2)21-16-10-12-9-15-14(11-3-5-13(28)6-4-11)7-8-17(31)19(15)22(32)18(12)24(34)27(16,37)25(35)20(23(21)33)26(29)36/h3-8,12,16,18,20-21,31,37H,9-10H2,1-2H3,(H2,29,36)/t12?,16?,18?,20?,21-,27-/m0/s1. The first-order chi connectivity index (χ1) is 17.4. The van der Waals surface area contributed by atoms with Gasteiger partial charge >= 0.3 is 0 Å². The highest BCUT2D eigenvalue weighted by atomic mass is 19.1. The molecule has 2 aromatic carbocycles. The zero-order valence-corrected chi connectivity index (χ0v) is 20.1. The molecule has 2 saturated carbocycles. The molecule has 0 saturated heterocycles. The molecule has 3 aliphatic carbocycles. The van der Waals surface area contributed by atoms with Crippen molar-refractivity contribution >= 4 is 29.0 Å². The highest BCUT2D eigenvalue weighted by molar-refractivity contribution is 6.32. The molecule has 37 heavy (non-hydrogen) atoms. The van der Waals surface area contributed by atoms with Crippen LogP contribution in [0.4, 0.5) is 4.39 Å². The Labute approximate surface area is 211 Å². The Morgan fingerprint density at radius 3 is 2.30 bits per heavy atom. The first kappa shape index (κ1) is 24.9. The van der Waals surface area contributed by atoms with Gasteiger partial charge in [0.25, 0.3) is 0 Å². The van der Waals surface area contributed by atoms with E-state index in [1.54, 1.807) is 6.07 Å². The number of fused-ring (bicyclic) bond motifs is 3. The summed E-state index contributed by atoms with van der Waals surface area (Å²) >= 11 is 0. The van der Waals surface area contributed by atoms with Crippen molar-refractivity contribution in [1.82, 2.24) is 4.90 Å². The monoisotopic (exact) mass is 508 g/mol. The minimum absolute atomic E-state index is 0.0393. The van der Waals surface area contributed by atoms with E-state index < -0.39 is 70.2 Å². The maximum atomic E-state index is 13.8. The summed E-state index contributed by atoms with van der Waals surface area (Å²) in [6.45, 7) is 0. The molecular formula is C27H25FN2O7. The third-order valence-electron chi connectivity index (χ3n) is 8.10. The molecule has 0 spiro atoms. The average molecular weight is 509 g/mol. The molecule has 0 aromatic heterocycles. The lowest BCUT2D eigenvalue weighted by molar-refractivity contribution is -0.181. The van der Waals surface area contributed by atoms with Crippen LogP contribution in [0.5, 0.6) is 5.75 Å². The highest BCUT2D eigenvalue weighted by Gasteiger charge is 2.69. The molecule has 2 aromatic rings. The van der Waals surface area contributed by atoms with Gasteiger partial charge in [-0.3, -0.25) is 28.9 Å². The molecule has 3 aliphatic rings. The minimum atomic E-state index is -2.76. The van der Waals surface area contributed by atoms with Crippen molar-refractivity contribution in [3.8, 4) is 16.9 Å². The van der Waals surface area contributed by atoms with Gasteiger partial charge in [0, 0.05) is 5.92 Å². The SMILES string of the molecule is CN(C)[C@@H]1C(=O)C(C(N)=O)C(=O)[C@@]2(O)C(=O)C3C(=O)c4c(O)ccc(-c5ccc(F)cc5)c4CC3CC12. The second-order valence-electron chi connectivity index (χ2n) is 10.3. The van der Waals surface area contributed by atoms with Crippen LogP contribution in [0.15, 0.2) is 36.4 Å². The molecule has 10 heteroatoms. The summed E-state index contributed by atoms with van der Waals surface area (Å²) in [4.78, 5) is 67.4. The first-order valence-corrected chi connectivity index (χ1v) is 11.8. The molecule has 1 amide bonds. The van der Waals surface area contributed by atoms with Crippen LogP contribution < -0.4 is 5.73 Å². The molecule has 0 radical (unpaired) electrons. The van der Waals surface area contributed by atoms with E-state index in [0.717, 1.165) is 0 Å². The number of carbonyl (C=O) groups is 5. The quantitative estimate of drug-likeness (QED) is 0.511. The number of aromatic hydroxyl groups is 1. The van der Waals surface area contributed by atoms with Crippen molar-refractivity contribution in [1.29, 1.82) is 0 Å². The Kier molecular flexibility index (Phi) is 5.65. The number of ketones is 4. The predicted octanol–water partition coefficient (Wildman–Crippen LogP) is 0.673. The smallest absolute Gasteiger partial charge is 0.235 e. The number of carbonyl (C=O) groups excluding carboxylic acids is 5. The fourth-order valence-electron chi connectivity index (χ4n) is 6.50. The zero-order chi connectivity index (χ0) is 27.0. The number of likely N-dealkylation sites (N-methyl/N-ethyl adjacent to an activating group) is 1. The van der Waals surface area contributed by atoms with Crippen LogP contribution in [-0.4, -0.2) is 69.9 Å². The number of amides is 1. The maximum Gasteiger partial charge on any atom is 0.235 e. The van der Waals surface area contributed by atoms with Crippen LogP contribution in [-0.2, 0) is 25.6 Å². The Hall–Kier alpha value is -3.76. The molecule has 4 N–H and O–H groups in total. The number of phenols is 1. The fraction of sp³-hybridized carbons (Fsp3) is 0.370. The van der Waals surface area contributed by atoms with E-state index in [2.05, 4.69) is 0 Å². The summed E-state index contributed by atoms with van der Waals surface area (Å²) < 4.78 is 13.5. The van der Waals surface area contributed by atoms with Crippen molar-refractivity contribution in [2.45, 2.75) is 24.5 Å². The Balaban J connectivity index is 1.66. The maximum absolute atomic E-state index is 13.8. The topological polar surface area (TPSA) is 155 Å². The summed E-state index contributed by atoms with van der Waals surface area (Å²) in [6.07, 6.45) is 0.0926. The third-order valence-corrected chi connectivity index (χ3v) is 8.10. The number of phenolic OH excluding ortho intramolecular Hbond substituents is 1. The number of halogens is 1. The van der Waals surface area contributed by atoms with E-state index >= 15 is 0 Å². The number of Topliss-reactive ketones (excluding diaryl/α,β-unsaturated/α-hetero) is 4. The highest BCUT2D eigenvalue weighted by Crippen LogP contribution is 2.51. The largest absolute Gasteiger partial charge is 0.507 e. The lowest BCUT2D eigenvalue weighted by Gasteiger charge is -2.52. The predicted molar refractivity (Wildman–Crippen MR) is 127 cm³/mol. The Morgan fingerprint density at radius 1 is 1.05 bits per heavy atom. The van der Waals surface area contributed by atoms with Crippen LogP contribution in [0, 0.1) is 29.5 Å². The van der Waals surface area contributed by atoms with Crippen molar-refractivity contribution in [3.63, 3.8) is 0 Å². The molecule has 0 aliphatic heterocycles. The van der Waals surface area contributed by atoms with E-state index in [4.69, 9.17) is 5.73 Å². The number of nitrogens with two attached hydrogens (primary N) is 1. The van der Waals surface area contributed by atoms with Gasteiger partial charge < -0.3 is 15.9 Å². The van der Waals surface area contributed by atoms with E-state index in [9.17, 15) is 38.6 Å². The Bertz CT molecular complexity index is 1390. The van der Waals surface area contributed by atoms with E-state index in [1.807, 2.05) is 0 Å². The average Bonchev–Trinajstić information content (AvgIpc) is 2.82. The van der Waals surface area contributed by atoms with E-state index in [-0.39, 0.29) is 24.2 Å². The number of hydrogen-bond acceptors (Lipinski definition) is 8. The molecule has 6 atom stereocenters. The number of rotatable bonds is 3. The molecule has 0 heterocycles. The summed E-state index contributed by atoms with van der Waals surface area (Å²) in [5, 5.41) is 22.2. The Morgan fingerprint density at radius 2 is 1.70 bits per heavy atom. The van der Waals surface area contributed by atoms with Gasteiger partial charge in [0.1, 0.15) is 11.6 Å². The van der Waals surface area contributed by atoms with E-state index in [1.165, 1.54) is 49.3 Å². The summed E-state index contributed by atoms with van der Waals surface area (Å²) in [5.41, 5.74) is 4.08. The molecule has 4 unspecified atom stereocenters. The second kappa shape index (κ2) is 8.39. The van der Waals surface area contributed by atoms with Crippen LogP contribution in [0.25, 0.3) is 11.1 Å². The zero-order valence-electron chi connectivity index (χ0n) is 20.1. The number of aliphatic hydroxyl groups is 1. The van der Waals surface area contributed by atoms with Gasteiger partial charge in [0.05, 0.1) is 17.5 Å². The van der Waals surface area contributed by atoms with Gasteiger partial charge in [-0.2, -0.15) is 0 Å². The number of nitrogens with zero attached hydrogens (tertiary/aromatic N) is 1. The normalized spacial score (nSPS) is 31.1. The molecule has 192 valence electrons. The van der Waals surface area contributed by atoms with Gasteiger partial charge in [-0.05, 0) is 67.7 Å². The molecular weight excluding hydrogens is 483 g/mol. The lowest BCUT2D eigenvalue weighted by Crippen LogP contribution is -2.74. The first-order valence-electron chi connectivity index (χ1n) is 11.8. The van der Waals surface area contributed by atoms with E-state index in [0.29, 0.717) is 16.7 Å². The summed E-state index contributed by atoms with van der Waals surface area (Å²) in [5.74, 6) is -11.4. The third kappa shape index (κ3) is 3.39. The van der Waals surface area contributed by atoms with Crippen LogP contribution in [0.1, 0.15) is 22.3 Å². The van der Waals surface area contributed by atoms with Gasteiger partial charge in [-0.15, -0.1) is 0 Å². The van der Waals surface area contributed by atoms with Gasteiger partial charge in [0.15, 0.2) is 34.7 Å². The van der Waals surface area contributed by atoms with Crippen molar-refractivity contribution in [3.05, 3.63) is 53.3 Å². The van der Waals surface area contributed by atoms with Gasteiger partial charge in [0.2, 0.25) is 5.91 Å².